The van der Waals surface area contributed by atoms with Crippen LogP contribution < -0.4 is 0 Å². The first-order valence-electron chi connectivity index (χ1n) is 39.4. The van der Waals surface area contributed by atoms with Crippen LogP contribution in [0.1, 0.15) is 5.56 Å². The van der Waals surface area contributed by atoms with E-state index in [4.69, 9.17) is 4.42 Å². The SMILES string of the molecule is Cc1cc(-c2ccc3c(c2)c2ccccc2n3-c2ccccc2)cc(-c2ccc3c(c2)c2cc(-c4cccc5c4oc4ccccc45)ccc2n3-c2ccccc2)c1.c1ccc(-n2c3ccccc3c3cc(-c4cccc(-c5ccc6c(c5)c5ccc(-c7cccc8c7sc7ccccc78)cc5n6-c5ccccc5)c4)ccc32)cc1. The highest BCUT2D eigenvalue weighted by Gasteiger charge is 2.23. The van der Waals surface area contributed by atoms with E-state index in [1.165, 1.54) is 180 Å². The number of benzene rings is 18. The highest BCUT2D eigenvalue weighted by atomic mass is 32.1. The molecule has 0 saturated carbocycles. The molecule has 24 rings (SSSR count). The summed E-state index contributed by atoms with van der Waals surface area (Å²) in [6.07, 6.45) is 0. The first-order chi connectivity index (χ1) is 56.9. The molecule has 0 amide bonds. The minimum Gasteiger partial charge on any atom is -0.455 e. The molecule has 6 heterocycles. The molecular weight excluding hydrogens is 1410 g/mol. The number of fused-ring (bicyclic) bond motifs is 18. The predicted octanol–water partition coefficient (Wildman–Crippen LogP) is 30.3. The predicted molar refractivity (Wildman–Crippen MR) is 488 cm³/mol. The molecule has 0 spiro atoms. The number of aromatic nitrogens is 4. The number of para-hydroxylation sites is 8. The van der Waals surface area contributed by atoms with E-state index in [1.54, 1.807) is 0 Å². The Morgan fingerprint density at radius 3 is 1.06 bits per heavy atom. The summed E-state index contributed by atoms with van der Waals surface area (Å²) in [5.74, 6) is 0. The van der Waals surface area contributed by atoms with Gasteiger partial charge in [-0.15, -0.1) is 11.3 Å². The quantitative estimate of drug-likeness (QED) is 0.134. The van der Waals surface area contributed by atoms with Gasteiger partial charge in [0.25, 0.3) is 0 Å². The maximum atomic E-state index is 6.51. The van der Waals surface area contributed by atoms with Crippen molar-refractivity contribution in [1.29, 1.82) is 0 Å². The van der Waals surface area contributed by atoms with Crippen LogP contribution in [0.3, 0.4) is 0 Å². The van der Waals surface area contributed by atoms with Crippen LogP contribution in [0, 0.1) is 6.92 Å². The summed E-state index contributed by atoms with van der Waals surface area (Å²) in [4.78, 5) is 0. The molecule has 0 aliphatic rings. The molecule has 538 valence electrons. The first kappa shape index (κ1) is 66.0. The molecule has 5 nitrogen and oxygen atoms in total. The van der Waals surface area contributed by atoms with Crippen molar-refractivity contribution in [1.82, 2.24) is 18.3 Å². The summed E-state index contributed by atoms with van der Waals surface area (Å²) < 4.78 is 18.7. The zero-order chi connectivity index (χ0) is 75.8. The topological polar surface area (TPSA) is 32.9 Å². The largest absolute Gasteiger partial charge is 0.455 e. The monoisotopic (exact) mass is 1480 g/mol. The van der Waals surface area contributed by atoms with Gasteiger partial charge in [0, 0.05) is 102 Å². The molecule has 18 aromatic carbocycles. The molecule has 0 aliphatic heterocycles. The van der Waals surface area contributed by atoms with Gasteiger partial charge in [-0.2, -0.15) is 0 Å². The lowest BCUT2D eigenvalue weighted by Crippen LogP contribution is -1.93. The number of rotatable bonds is 10. The third-order valence-corrected chi connectivity index (χ3v) is 24.9. The summed E-state index contributed by atoms with van der Waals surface area (Å²) in [5, 5.41) is 14.9. The van der Waals surface area contributed by atoms with E-state index in [0.717, 1.165) is 44.4 Å². The Morgan fingerprint density at radius 2 is 0.539 bits per heavy atom. The molecule has 0 aliphatic carbocycles. The second-order valence-corrected chi connectivity index (χ2v) is 31.4. The Morgan fingerprint density at radius 1 is 0.200 bits per heavy atom. The first-order valence-corrected chi connectivity index (χ1v) is 40.2. The average Bonchev–Trinajstić information content (AvgIpc) is 1.59. The van der Waals surface area contributed by atoms with Crippen molar-refractivity contribution in [3.05, 3.63) is 412 Å². The van der Waals surface area contributed by atoms with Crippen LogP contribution in [-0.4, -0.2) is 18.3 Å². The van der Waals surface area contributed by atoms with E-state index in [0.29, 0.717) is 0 Å². The standard InChI is InChI=1S/C55H36N2O.C54H34N2S/c1-35-29-39(36-23-26-51-47(32-36)44-17-8-10-21-50(44)56(51)41-13-4-2-5-14-41)31-40(30-35)37-24-27-52-48(33-37)49-34-38(25-28-53(49)57(52)42-15-6-3-7-16-42)43-19-12-20-46-45-18-9-11-22-54(45)58-55(43)46;1-3-15-40(16-4-1)55-49-23-9-7-19-43(49)47-32-37(26-29-50(47)55)35-13-11-14-36(31-35)38-27-30-51-48(33-38)44-28-25-39(34-52(44)56(51)41-17-5-2-6-18-41)42-21-12-22-46-45-20-8-10-24-53(45)57-54(42)46/h2-34H,1H3;1-34H. The van der Waals surface area contributed by atoms with Crippen LogP contribution in [0.4, 0.5) is 0 Å². The van der Waals surface area contributed by atoms with Gasteiger partial charge >= 0.3 is 0 Å². The summed E-state index contributed by atoms with van der Waals surface area (Å²) in [7, 11) is 0. The van der Waals surface area contributed by atoms with Crippen LogP contribution in [0.25, 0.3) is 219 Å². The fraction of sp³-hybridized carbons (Fsp3) is 0.00917. The van der Waals surface area contributed by atoms with Crippen molar-refractivity contribution < 1.29 is 4.42 Å². The van der Waals surface area contributed by atoms with Crippen molar-refractivity contribution in [3.63, 3.8) is 0 Å². The zero-order valence-electron chi connectivity index (χ0n) is 62.8. The van der Waals surface area contributed by atoms with Gasteiger partial charge in [-0.05, 0) is 225 Å². The van der Waals surface area contributed by atoms with Crippen molar-refractivity contribution in [3.8, 4) is 89.5 Å². The van der Waals surface area contributed by atoms with Crippen LogP contribution in [0.15, 0.2) is 411 Å². The van der Waals surface area contributed by atoms with Gasteiger partial charge in [0.05, 0.1) is 44.1 Å². The van der Waals surface area contributed by atoms with Crippen molar-refractivity contribution in [2.75, 3.05) is 0 Å². The second-order valence-electron chi connectivity index (χ2n) is 30.3. The van der Waals surface area contributed by atoms with Crippen molar-refractivity contribution in [2.45, 2.75) is 6.92 Å². The van der Waals surface area contributed by atoms with E-state index in [9.17, 15) is 0 Å². The Balaban J connectivity index is 0.000000136. The lowest BCUT2D eigenvalue weighted by atomic mass is 9.94. The minimum atomic E-state index is 0.910. The molecule has 0 bridgehead atoms. The highest BCUT2D eigenvalue weighted by Crippen LogP contribution is 2.47. The number of aryl methyl sites for hydroxylation is 1. The molecule has 0 saturated heterocycles. The fourth-order valence-electron chi connectivity index (χ4n) is 18.4. The van der Waals surface area contributed by atoms with Gasteiger partial charge < -0.3 is 22.7 Å². The molecule has 0 N–H and O–H groups in total. The fourth-order valence-corrected chi connectivity index (χ4v) is 19.6. The number of hydrogen-bond donors (Lipinski definition) is 0. The number of furan rings is 1. The van der Waals surface area contributed by atoms with Crippen molar-refractivity contribution >= 4 is 141 Å². The molecule has 6 heteroatoms. The maximum Gasteiger partial charge on any atom is 0.143 e. The summed E-state index contributed by atoms with van der Waals surface area (Å²) in [6.45, 7) is 2.21. The Kier molecular flexibility index (Phi) is 15.3. The van der Waals surface area contributed by atoms with Gasteiger partial charge in [0.1, 0.15) is 11.2 Å². The Labute approximate surface area is 667 Å². The maximum absolute atomic E-state index is 6.51. The van der Waals surface area contributed by atoms with Gasteiger partial charge in [0.2, 0.25) is 0 Å². The van der Waals surface area contributed by atoms with Gasteiger partial charge in [0.15, 0.2) is 0 Å². The van der Waals surface area contributed by atoms with E-state index in [2.05, 4.69) is 426 Å². The number of thiophene rings is 1. The van der Waals surface area contributed by atoms with E-state index in [-0.39, 0.29) is 0 Å². The molecule has 0 atom stereocenters. The van der Waals surface area contributed by atoms with E-state index in [1.807, 2.05) is 17.4 Å². The highest BCUT2D eigenvalue weighted by molar-refractivity contribution is 7.26. The van der Waals surface area contributed by atoms with Gasteiger partial charge in [-0.3, -0.25) is 0 Å². The number of nitrogens with zero attached hydrogens (tertiary/aromatic N) is 4. The van der Waals surface area contributed by atoms with E-state index < -0.39 is 0 Å². The van der Waals surface area contributed by atoms with Gasteiger partial charge in [-0.1, -0.05) is 255 Å². The zero-order valence-corrected chi connectivity index (χ0v) is 63.6. The molecule has 0 fully saturated rings. The van der Waals surface area contributed by atoms with Crippen LogP contribution in [-0.2, 0) is 0 Å². The average molecular weight is 1480 g/mol. The Bertz CT molecular complexity index is 8030. The van der Waals surface area contributed by atoms with E-state index >= 15 is 0 Å². The minimum absolute atomic E-state index is 0.910. The van der Waals surface area contributed by atoms with Crippen LogP contribution in [0.5, 0.6) is 0 Å². The summed E-state index contributed by atoms with van der Waals surface area (Å²) in [6, 6.07) is 148. The van der Waals surface area contributed by atoms with Gasteiger partial charge in [-0.25, -0.2) is 0 Å². The Hall–Kier alpha value is -14.8. The smallest absolute Gasteiger partial charge is 0.143 e. The molecular formula is C109H70N4OS. The normalized spacial score (nSPS) is 11.9. The second kappa shape index (κ2) is 26.7. The molecule has 0 radical (unpaired) electrons. The molecule has 24 aromatic rings. The summed E-state index contributed by atoms with van der Waals surface area (Å²) in [5.41, 5.74) is 31.7. The molecule has 6 aromatic heterocycles. The number of hydrogen-bond acceptors (Lipinski definition) is 2. The third kappa shape index (κ3) is 10.9. The molecule has 0 unspecified atom stereocenters. The lowest BCUT2D eigenvalue weighted by molar-refractivity contribution is 0.670. The third-order valence-electron chi connectivity index (χ3n) is 23.6. The van der Waals surface area contributed by atoms with Crippen LogP contribution >= 0.6 is 11.3 Å². The molecule has 115 heavy (non-hydrogen) atoms. The lowest BCUT2D eigenvalue weighted by Gasteiger charge is -2.11. The van der Waals surface area contributed by atoms with Crippen LogP contribution in [0.2, 0.25) is 0 Å². The summed E-state index contributed by atoms with van der Waals surface area (Å²) >= 11 is 1.89. The van der Waals surface area contributed by atoms with Crippen molar-refractivity contribution in [2.24, 2.45) is 0 Å².